The summed E-state index contributed by atoms with van der Waals surface area (Å²) >= 11 is -3.97. The van der Waals surface area contributed by atoms with Crippen molar-refractivity contribution in [2.24, 2.45) is 0 Å². The van der Waals surface area contributed by atoms with Gasteiger partial charge in [-0.1, -0.05) is 0 Å². The van der Waals surface area contributed by atoms with Crippen LogP contribution in [0.3, 0.4) is 0 Å². The summed E-state index contributed by atoms with van der Waals surface area (Å²) in [6.07, 6.45) is 0. The molecule has 0 radical (unpaired) electrons. The zero-order chi connectivity index (χ0) is 10.0. The molecule has 0 amide bonds. The minimum absolute atomic E-state index is 0.398. The van der Waals surface area contributed by atoms with E-state index >= 15 is 0 Å². The third kappa shape index (κ3) is 2.26. The summed E-state index contributed by atoms with van der Waals surface area (Å²) in [6, 6.07) is 2.04. The monoisotopic (exact) mass is 300 g/mol. The minimum atomic E-state index is -3.97. The lowest BCUT2D eigenvalue weighted by Gasteiger charge is -2.01. The second-order valence-electron chi connectivity index (χ2n) is 2.05. The first-order valence-corrected chi connectivity index (χ1v) is 5.64. The van der Waals surface area contributed by atoms with E-state index in [1.54, 1.807) is 0 Å². The fourth-order valence-corrected chi connectivity index (χ4v) is 1.42. The van der Waals surface area contributed by atoms with Crippen LogP contribution in [0.4, 0.5) is 0 Å². The maximum Gasteiger partial charge on any atom is 0.570 e. The van der Waals surface area contributed by atoms with Crippen molar-refractivity contribution in [2.45, 2.75) is 0 Å². The van der Waals surface area contributed by atoms with Crippen molar-refractivity contribution in [3.63, 3.8) is 0 Å². The lowest BCUT2D eigenvalue weighted by molar-refractivity contribution is -1.62. The molecule has 1 aromatic rings. The van der Waals surface area contributed by atoms with Crippen LogP contribution in [0, 0.1) is 0 Å². The first kappa shape index (κ1) is 10.2. The second-order valence-corrected chi connectivity index (χ2v) is 3.57. The van der Waals surface area contributed by atoms with Crippen LogP contribution in [0.5, 0.6) is 23.0 Å². The molecule has 72 valence electrons. The number of rotatable bonds is 2. The van der Waals surface area contributed by atoms with Crippen LogP contribution in [0.2, 0.25) is 0 Å². The van der Waals surface area contributed by atoms with E-state index in [0.717, 1.165) is 12.1 Å². The number of phenols is 3. The summed E-state index contributed by atoms with van der Waals surface area (Å²) in [5, 5.41) is 26.8. The molecular formula is C6H5IO6. The summed E-state index contributed by atoms with van der Waals surface area (Å²) in [5.74, 6) is -2.56. The Morgan fingerprint density at radius 1 is 1.08 bits per heavy atom. The SMILES string of the molecule is [O-][I+2]([O-])Oc1ccc(O)c(O)c1O. The molecule has 1 aromatic carbocycles. The lowest BCUT2D eigenvalue weighted by atomic mass is 10.3. The van der Waals surface area contributed by atoms with Gasteiger partial charge in [0.05, 0.1) is 0 Å². The standard InChI is InChI=1S/C6H5IO6/c8-3-1-2-4(13-7(11)12)6(10)5(3)9/h1-2,8-10H. The average molecular weight is 300 g/mol. The van der Waals surface area contributed by atoms with Gasteiger partial charge in [-0.25, -0.2) is 0 Å². The normalized spacial score (nSPS) is 10.4. The van der Waals surface area contributed by atoms with Crippen LogP contribution < -0.4 is 31.0 Å². The topological polar surface area (TPSA) is 116 Å². The summed E-state index contributed by atoms with van der Waals surface area (Å²) < 4.78 is 24.5. The number of benzene rings is 1. The highest BCUT2D eigenvalue weighted by molar-refractivity contribution is 5.56. The summed E-state index contributed by atoms with van der Waals surface area (Å²) in [6.45, 7) is 0. The van der Waals surface area contributed by atoms with Crippen molar-refractivity contribution in [1.82, 2.24) is 0 Å². The zero-order valence-electron chi connectivity index (χ0n) is 6.10. The molecule has 0 bridgehead atoms. The fourth-order valence-electron chi connectivity index (χ4n) is 0.681. The number of hydrogen-bond acceptors (Lipinski definition) is 6. The van der Waals surface area contributed by atoms with Crippen molar-refractivity contribution < 1.29 is 46.3 Å². The predicted octanol–water partition coefficient (Wildman–Crippen LogP) is -4.73. The Morgan fingerprint density at radius 2 is 1.69 bits per heavy atom. The van der Waals surface area contributed by atoms with Crippen LogP contribution in [0.1, 0.15) is 0 Å². The summed E-state index contributed by atoms with van der Waals surface area (Å²) in [5.41, 5.74) is 0. The average Bonchev–Trinajstić information content (AvgIpc) is 2.06. The van der Waals surface area contributed by atoms with Crippen LogP contribution in [-0.2, 0) is 0 Å². The molecule has 0 saturated carbocycles. The van der Waals surface area contributed by atoms with E-state index in [9.17, 15) is 6.87 Å². The minimum Gasteiger partial charge on any atom is -0.504 e. The number of phenolic OH excluding ortho intramolecular Hbond substituents is 3. The molecule has 0 spiro atoms. The van der Waals surface area contributed by atoms with E-state index in [1.165, 1.54) is 0 Å². The molecule has 13 heavy (non-hydrogen) atoms. The molecule has 0 aliphatic rings. The number of aromatic hydroxyl groups is 3. The molecule has 0 fully saturated rings. The molecule has 7 heteroatoms. The predicted molar refractivity (Wildman–Crippen MR) is 32.1 cm³/mol. The van der Waals surface area contributed by atoms with E-state index in [-0.39, 0.29) is 0 Å². The molecule has 0 aliphatic carbocycles. The van der Waals surface area contributed by atoms with E-state index in [4.69, 9.17) is 15.3 Å². The number of halogens is 1. The van der Waals surface area contributed by atoms with Crippen LogP contribution in [0.25, 0.3) is 0 Å². The van der Waals surface area contributed by atoms with Crippen LogP contribution in [-0.4, -0.2) is 15.3 Å². The Morgan fingerprint density at radius 3 is 2.23 bits per heavy atom. The summed E-state index contributed by atoms with van der Waals surface area (Å²) in [7, 11) is 0. The van der Waals surface area contributed by atoms with Gasteiger partial charge in [0, 0.05) is 0 Å². The quantitative estimate of drug-likeness (QED) is 0.373. The second kappa shape index (κ2) is 3.85. The van der Waals surface area contributed by atoms with Gasteiger partial charge in [-0.3, -0.25) is 0 Å². The van der Waals surface area contributed by atoms with Gasteiger partial charge in [-0.2, -0.15) is 0 Å². The van der Waals surface area contributed by atoms with E-state index in [1.807, 2.05) is 0 Å². The van der Waals surface area contributed by atoms with Gasteiger partial charge in [0.2, 0.25) is 11.5 Å². The third-order valence-electron chi connectivity index (χ3n) is 1.24. The third-order valence-corrected chi connectivity index (χ3v) is 2.07. The van der Waals surface area contributed by atoms with Gasteiger partial charge >= 0.3 is 21.1 Å². The van der Waals surface area contributed by atoms with E-state index in [0.29, 0.717) is 0 Å². The molecule has 0 unspecified atom stereocenters. The Labute approximate surface area is 81.7 Å². The van der Waals surface area contributed by atoms with Crippen LogP contribution >= 0.6 is 0 Å². The Bertz CT molecular complexity index is 312. The van der Waals surface area contributed by atoms with Gasteiger partial charge in [-0.05, 0) is 12.1 Å². The van der Waals surface area contributed by atoms with Gasteiger partial charge < -0.3 is 22.2 Å². The van der Waals surface area contributed by atoms with Gasteiger partial charge in [0.15, 0.2) is 5.75 Å². The van der Waals surface area contributed by atoms with Gasteiger partial charge in [0.25, 0.3) is 5.75 Å². The van der Waals surface area contributed by atoms with Crippen molar-refractivity contribution in [3.8, 4) is 23.0 Å². The summed E-state index contributed by atoms with van der Waals surface area (Å²) in [4.78, 5) is 0. The van der Waals surface area contributed by atoms with Gasteiger partial charge in [0.1, 0.15) is 0 Å². The van der Waals surface area contributed by atoms with Crippen molar-refractivity contribution in [1.29, 1.82) is 0 Å². The number of hydrogen-bond donors (Lipinski definition) is 3. The molecule has 0 aromatic heterocycles. The molecular weight excluding hydrogens is 295 g/mol. The maximum absolute atomic E-state index is 10.2. The smallest absolute Gasteiger partial charge is 0.504 e. The van der Waals surface area contributed by atoms with Gasteiger partial charge in [-0.15, -0.1) is 3.07 Å². The van der Waals surface area contributed by atoms with E-state index in [2.05, 4.69) is 3.07 Å². The molecule has 3 N–H and O–H groups in total. The van der Waals surface area contributed by atoms with E-state index < -0.39 is 44.1 Å². The molecule has 6 nitrogen and oxygen atoms in total. The van der Waals surface area contributed by atoms with Crippen molar-refractivity contribution in [2.75, 3.05) is 0 Å². The fraction of sp³-hybridized carbons (Fsp3) is 0. The molecule has 0 atom stereocenters. The van der Waals surface area contributed by atoms with Crippen molar-refractivity contribution >= 4 is 0 Å². The highest BCUT2D eigenvalue weighted by Gasteiger charge is 2.22. The highest BCUT2D eigenvalue weighted by atomic mass is 127. The lowest BCUT2D eigenvalue weighted by Crippen LogP contribution is -4.00. The highest BCUT2D eigenvalue weighted by Crippen LogP contribution is 2.40. The molecule has 0 aliphatic heterocycles. The molecule has 0 heterocycles. The molecule has 0 saturated heterocycles. The first-order chi connectivity index (χ1) is 6.02. The first-order valence-electron chi connectivity index (χ1n) is 3.00. The molecule has 1 rings (SSSR count). The van der Waals surface area contributed by atoms with Crippen molar-refractivity contribution in [3.05, 3.63) is 12.1 Å². The zero-order valence-corrected chi connectivity index (χ0v) is 8.26. The Hall–Kier alpha value is -0.930. The largest absolute Gasteiger partial charge is 0.570 e. The Balaban J connectivity index is 3.04. The Kier molecular flexibility index (Phi) is 3.01. The van der Waals surface area contributed by atoms with Crippen LogP contribution in [0.15, 0.2) is 12.1 Å². The maximum atomic E-state index is 10.2.